The van der Waals surface area contributed by atoms with Crippen LogP contribution >= 0.6 is 0 Å². The van der Waals surface area contributed by atoms with Gasteiger partial charge in [0.25, 0.3) is 0 Å². The predicted molar refractivity (Wildman–Crippen MR) is 113 cm³/mol. The minimum atomic E-state index is -4.58. The van der Waals surface area contributed by atoms with Gasteiger partial charge in [0.15, 0.2) is 6.61 Å². The van der Waals surface area contributed by atoms with Gasteiger partial charge >= 0.3 is 12.3 Å². The molecule has 1 aliphatic heterocycles. The number of hydrogen-bond acceptors (Lipinski definition) is 4. The highest BCUT2D eigenvalue weighted by atomic mass is 19.4. The molecule has 1 fully saturated rings. The van der Waals surface area contributed by atoms with Gasteiger partial charge in [-0.05, 0) is 11.1 Å². The second-order valence-electron chi connectivity index (χ2n) is 7.51. The first kappa shape index (κ1) is 23.6. The van der Waals surface area contributed by atoms with Gasteiger partial charge in [-0.3, -0.25) is 9.69 Å². The lowest BCUT2D eigenvalue weighted by molar-refractivity contribution is -0.160. The van der Waals surface area contributed by atoms with Crippen LogP contribution in [0.5, 0.6) is 0 Å². The zero-order chi connectivity index (χ0) is 23.0. The van der Waals surface area contributed by atoms with Crippen LogP contribution in [0.3, 0.4) is 0 Å². The third-order valence-electron chi connectivity index (χ3n) is 5.24. The highest BCUT2D eigenvalue weighted by Gasteiger charge is 2.30. The smallest absolute Gasteiger partial charge is 0.422 e. The Balaban J connectivity index is 1.50. The fourth-order valence-corrected chi connectivity index (χ4v) is 3.74. The average Bonchev–Trinajstić information content (AvgIpc) is 2.79. The molecule has 6 nitrogen and oxygen atoms in total. The minimum Gasteiger partial charge on any atom is -0.440 e. The summed E-state index contributed by atoms with van der Waals surface area (Å²) in [6, 6.07) is 20.5. The molecule has 1 N–H and O–H groups in total. The molecule has 0 unspecified atom stereocenters. The van der Waals surface area contributed by atoms with Crippen molar-refractivity contribution in [3.8, 4) is 0 Å². The van der Waals surface area contributed by atoms with Crippen molar-refractivity contribution in [2.45, 2.75) is 18.6 Å². The number of rotatable bonds is 7. The van der Waals surface area contributed by atoms with Crippen LogP contribution in [-0.4, -0.2) is 67.3 Å². The summed E-state index contributed by atoms with van der Waals surface area (Å²) in [7, 11) is 0. The molecular formula is C23H26F3N3O3. The van der Waals surface area contributed by atoms with E-state index in [0.29, 0.717) is 26.2 Å². The van der Waals surface area contributed by atoms with Gasteiger partial charge in [0, 0.05) is 39.1 Å². The molecule has 0 spiro atoms. The molecule has 0 radical (unpaired) electrons. The number of amides is 2. The van der Waals surface area contributed by atoms with Crippen molar-refractivity contribution in [3.05, 3.63) is 71.8 Å². The fraction of sp³-hybridized carbons (Fsp3) is 0.391. The number of ether oxygens (including phenoxy) is 1. The molecule has 0 bridgehead atoms. The standard InChI is InChI=1S/C23H26F3N3O3/c24-23(25,26)17-32-22(31)27-12-11-20(30)28-13-15-29(16-14-28)21(18-7-3-1-4-8-18)19-9-5-2-6-10-19/h1-10,21H,11-17H2,(H,27,31). The van der Waals surface area contributed by atoms with Crippen LogP contribution in [0, 0.1) is 0 Å². The van der Waals surface area contributed by atoms with E-state index in [1.807, 2.05) is 36.4 Å². The number of carbonyl (C=O) groups excluding carboxylic acids is 2. The Bertz CT molecular complexity index is 831. The highest BCUT2D eigenvalue weighted by molar-refractivity contribution is 5.77. The van der Waals surface area contributed by atoms with Crippen molar-refractivity contribution in [1.29, 1.82) is 0 Å². The number of piperazine rings is 1. The Morgan fingerprint density at radius 3 is 1.94 bits per heavy atom. The van der Waals surface area contributed by atoms with Crippen molar-refractivity contribution in [1.82, 2.24) is 15.1 Å². The molecular weight excluding hydrogens is 423 g/mol. The van der Waals surface area contributed by atoms with Gasteiger partial charge in [-0.2, -0.15) is 13.2 Å². The van der Waals surface area contributed by atoms with Crippen LogP contribution in [0.1, 0.15) is 23.6 Å². The van der Waals surface area contributed by atoms with Gasteiger partial charge in [0.2, 0.25) is 5.91 Å². The number of nitrogens with zero attached hydrogens (tertiary/aromatic N) is 2. The quantitative estimate of drug-likeness (QED) is 0.702. The first-order chi connectivity index (χ1) is 15.3. The summed E-state index contributed by atoms with van der Waals surface area (Å²) in [5, 5.41) is 2.18. The molecule has 1 saturated heterocycles. The first-order valence-electron chi connectivity index (χ1n) is 10.4. The van der Waals surface area contributed by atoms with Gasteiger partial charge in [0.05, 0.1) is 6.04 Å². The predicted octanol–water partition coefficient (Wildman–Crippen LogP) is 3.60. The number of alkyl halides is 3. The molecule has 2 aromatic rings. The van der Waals surface area contributed by atoms with Crippen LogP contribution in [0.15, 0.2) is 60.7 Å². The minimum absolute atomic E-state index is 0.00190. The van der Waals surface area contributed by atoms with Crippen molar-refractivity contribution in [2.75, 3.05) is 39.3 Å². The lowest BCUT2D eigenvalue weighted by Crippen LogP contribution is -2.50. The molecule has 32 heavy (non-hydrogen) atoms. The molecule has 0 aliphatic carbocycles. The Morgan fingerprint density at radius 2 is 1.44 bits per heavy atom. The normalized spacial score (nSPS) is 14.9. The third kappa shape index (κ3) is 6.98. The van der Waals surface area contributed by atoms with Gasteiger partial charge in [0.1, 0.15) is 0 Å². The molecule has 2 amide bonds. The molecule has 172 valence electrons. The Labute approximate surface area is 184 Å². The van der Waals surface area contributed by atoms with E-state index in [0.717, 1.165) is 0 Å². The van der Waals surface area contributed by atoms with Crippen LogP contribution in [0.2, 0.25) is 0 Å². The van der Waals surface area contributed by atoms with Crippen molar-refractivity contribution < 1.29 is 27.5 Å². The average molecular weight is 449 g/mol. The summed E-state index contributed by atoms with van der Waals surface area (Å²) < 4.78 is 40.2. The number of alkyl carbamates (subject to hydrolysis) is 1. The Kier molecular flexibility index (Phi) is 8.10. The maximum atomic E-state index is 12.4. The Hall–Kier alpha value is -3.07. The third-order valence-corrected chi connectivity index (χ3v) is 5.24. The van der Waals surface area contributed by atoms with Crippen molar-refractivity contribution >= 4 is 12.0 Å². The van der Waals surface area contributed by atoms with Gasteiger partial charge in [-0.15, -0.1) is 0 Å². The fourth-order valence-electron chi connectivity index (χ4n) is 3.74. The second kappa shape index (κ2) is 11.0. The monoisotopic (exact) mass is 449 g/mol. The van der Waals surface area contributed by atoms with E-state index in [9.17, 15) is 22.8 Å². The van der Waals surface area contributed by atoms with E-state index >= 15 is 0 Å². The van der Waals surface area contributed by atoms with Crippen LogP contribution < -0.4 is 5.32 Å². The van der Waals surface area contributed by atoms with Crippen LogP contribution in [-0.2, 0) is 9.53 Å². The zero-order valence-corrected chi connectivity index (χ0v) is 17.6. The lowest BCUT2D eigenvalue weighted by Gasteiger charge is -2.39. The summed E-state index contributed by atoms with van der Waals surface area (Å²) in [6.07, 6.45) is -5.76. The largest absolute Gasteiger partial charge is 0.440 e. The molecule has 0 aromatic heterocycles. The van der Waals surface area contributed by atoms with E-state index in [2.05, 4.69) is 39.2 Å². The van der Waals surface area contributed by atoms with E-state index in [-0.39, 0.29) is 24.9 Å². The van der Waals surface area contributed by atoms with E-state index in [1.165, 1.54) is 11.1 Å². The topological polar surface area (TPSA) is 61.9 Å². The van der Waals surface area contributed by atoms with Gasteiger partial charge < -0.3 is 15.0 Å². The van der Waals surface area contributed by atoms with Crippen LogP contribution in [0.25, 0.3) is 0 Å². The maximum Gasteiger partial charge on any atom is 0.422 e. The van der Waals surface area contributed by atoms with E-state index in [4.69, 9.17) is 0 Å². The van der Waals surface area contributed by atoms with Gasteiger partial charge in [-0.1, -0.05) is 60.7 Å². The second-order valence-corrected chi connectivity index (χ2v) is 7.51. The molecule has 1 aliphatic rings. The maximum absolute atomic E-state index is 12.4. The number of benzene rings is 2. The number of nitrogens with one attached hydrogen (secondary N) is 1. The van der Waals surface area contributed by atoms with Crippen molar-refractivity contribution in [3.63, 3.8) is 0 Å². The summed E-state index contributed by atoms with van der Waals surface area (Å²) in [6.45, 7) is 0.703. The lowest BCUT2D eigenvalue weighted by atomic mass is 9.96. The number of hydrogen-bond donors (Lipinski definition) is 1. The van der Waals surface area contributed by atoms with Gasteiger partial charge in [-0.25, -0.2) is 4.79 Å². The van der Waals surface area contributed by atoms with E-state index in [1.54, 1.807) is 4.90 Å². The van der Waals surface area contributed by atoms with Crippen LogP contribution in [0.4, 0.5) is 18.0 Å². The van der Waals surface area contributed by atoms with Crippen molar-refractivity contribution in [2.24, 2.45) is 0 Å². The molecule has 1 heterocycles. The summed E-state index contributed by atoms with van der Waals surface area (Å²) in [4.78, 5) is 27.8. The zero-order valence-electron chi connectivity index (χ0n) is 17.6. The number of carbonyl (C=O) groups is 2. The molecule has 0 atom stereocenters. The summed E-state index contributed by atoms with van der Waals surface area (Å²) >= 11 is 0. The molecule has 2 aromatic carbocycles. The summed E-state index contributed by atoms with van der Waals surface area (Å²) in [5.74, 6) is -0.156. The SMILES string of the molecule is O=C(NCCC(=O)N1CCN(C(c2ccccc2)c2ccccc2)CC1)OCC(F)(F)F. The van der Waals surface area contributed by atoms with E-state index < -0.39 is 18.9 Å². The number of halogens is 3. The molecule has 0 saturated carbocycles. The molecule has 3 rings (SSSR count). The highest BCUT2D eigenvalue weighted by Crippen LogP contribution is 2.29. The molecule has 9 heteroatoms. The summed E-state index contributed by atoms with van der Waals surface area (Å²) in [5.41, 5.74) is 2.36. The Morgan fingerprint density at radius 1 is 0.906 bits per heavy atom. The first-order valence-corrected chi connectivity index (χ1v) is 10.4.